The van der Waals surface area contributed by atoms with E-state index in [9.17, 15) is 0 Å². The molecule has 100 valence electrons. The van der Waals surface area contributed by atoms with Crippen LogP contribution in [0.4, 0.5) is 5.82 Å². The van der Waals surface area contributed by atoms with Crippen molar-refractivity contribution in [2.45, 2.75) is 6.92 Å². The zero-order valence-electron chi connectivity index (χ0n) is 10.8. The fourth-order valence-electron chi connectivity index (χ4n) is 2.07. The molecule has 0 bridgehead atoms. The Bertz CT molecular complexity index is 753. The van der Waals surface area contributed by atoms with E-state index in [1.807, 2.05) is 43.3 Å². The van der Waals surface area contributed by atoms with E-state index in [1.165, 1.54) is 0 Å². The Morgan fingerprint density at radius 1 is 1.15 bits per heavy atom. The van der Waals surface area contributed by atoms with Gasteiger partial charge in [0.2, 0.25) is 0 Å². The fraction of sp³-hybridized carbons (Fsp3) is 0.0667. The minimum absolute atomic E-state index is 0.302. The number of benzene rings is 1. The predicted molar refractivity (Wildman–Crippen MR) is 79.3 cm³/mol. The van der Waals surface area contributed by atoms with Crippen molar-refractivity contribution in [1.82, 2.24) is 10.1 Å². The van der Waals surface area contributed by atoms with Crippen molar-refractivity contribution in [3.05, 3.63) is 53.2 Å². The molecule has 0 aliphatic heterocycles. The van der Waals surface area contributed by atoms with E-state index in [-0.39, 0.29) is 0 Å². The predicted octanol–water partition coefficient (Wildman–Crippen LogP) is 3.95. The number of rotatable bonds is 2. The molecule has 0 atom stereocenters. The number of pyridine rings is 1. The molecule has 3 rings (SSSR count). The lowest BCUT2D eigenvalue weighted by Crippen LogP contribution is -1.91. The second-order valence-corrected chi connectivity index (χ2v) is 4.80. The normalized spacial score (nSPS) is 10.7. The van der Waals surface area contributed by atoms with Gasteiger partial charge in [-0.1, -0.05) is 35.0 Å². The first-order valence-corrected chi connectivity index (χ1v) is 6.48. The summed E-state index contributed by atoms with van der Waals surface area (Å²) in [5, 5.41) is 4.47. The highest BCUT2D eigenvalue weighted by molar-refractivity contribution is 6.34. The quantitative estimate of drug-likeness (QED) is 0.774. The number of hydrogen-bond donors (Lipinski definition) is 1. The Balaban J connectivity index is 2.24. The Hall–Kier alpha value is -2.33. The molecule has 0 saturated heterocycles. The maximum absolute atomic E-state index is 6.35. The number of aromatic nitrogens is 2. The minimum Gasteiger partial charge on any atom is -0.380 e. The van der Waals surface area contributed by atoms with Gasteiger partial charge in [-0.3, -0.25) is 4.98 Å². The summed E-state index contributed by atoms with van der Waals surface area (Å²) in [6.07, 6.45) is 1.70. The number of aryl methyl sites for hydroxylation is 1. The maximum atomic E-state index is 6.35. The zero-order chi connectivity index (χ0) is 14.1. The van der Waals surface area contributed by atoms with E-state index in [1.54, 1.807) is 6.20 Å². The molecule has 20 heavy (non-hydrogen) atoms. The molecule has 2 N–H and O–H groups in total. The number of halogens is 1. The van der Waals surface area contributed by atoms with Crippen molar-refractivity contribution in [1.29, 1.82) is 0 Å². The van der Waals surface area contributed by atoms with Gasteiger partial charge in [0.15, 0.2) is 11.6 Å². The van der Waals surface area contributed by atoms with Gasteiger partial charge in [-0.05, 0) is 30.7 Å². The molecule has 1 aromatic carbocycles. The summed E-state index contributed by atoms with van der Waals surface area (Å²) in [6.45, 7) is 1.94. The van der Waals surface area contributed by atoms with Crippen molar-refractivity contribution in [3.8, 4) is 22.6 Å². The first-order chi connectivity index (χ1) is 9.68. The van der Waals surface area contributed by atoms with Crippen molar-refractivity contribution < 1.29 is 4.52 Å². The highest BCUT2D eigenvalue weighted by atomic mass is 35.5. The van der Waals surface area contributed by atoms with Gasteiger partial charge in [0.05, 0.1) is 16.3 Å². The average molecular weight is 286 g/mol. The standard InChI is InChI=1S/C15H12ClN3O/c1-9-5-4-6-10(13(9)16)14-12(15(17)19-20-14)11-7-2-3-8-18-11/h2-8H,1H3,(H2,17,19). The SMILES string of the molecule is Cc1cccc(-c2onc(N)c2-c2ccccn2)c1Cl. The van der Waals surface area contributed by atoms with Crippen molar-refractivity contribution in [2.24, 2.45) is 0 Å². The van der Waals surface area contributed by atoms with E-state index in [0.717, 1.165) is 11.1 Å². The number of hydrogen-bond acceptors (Lipinski definition) is 4. The lowest BCUT2D eigenvalue weighted by molar-refractivity contribution is 0.436. The van der Waals surface area contributed by atoms with E-state index in [2.05, 4.69) is 10.1 Å². The van der Waals surface area contributed by atoms with Crippen LogP contribution in [-0.4, -0.2) is 10.1 Å². The molecule has 5 heteroatoms. The number of nitrogens with two attached hydrogens (primary N) is 1. The number of nitrogen functional groups attached to an aromatic ring is 1. The van der Waals surface area contributed by atoms with E-state index in [4.69, 9.17) is 21.9 Å². The second kappa shape index (κ2) is 4.98. The topological polar surface area (TPSA) is 64.9 Å². The van der Waals surface area contributed by atoms with Gasteiger partial charge in [-0.2, -0.15) is 0 Å². The monoisotopic (exact) mass is 285 g/mol. The average Bonchev–Trinajstić information content (AvgIpc) is 2.84. The Kier molecular flexibility index (Phi) is 3.16. The summed E-state index contributed by atoms with van der Waals surface area (Å²) in [7, 11) is 0. The third-order valence-corrected chi connectivity index (χ3v) is 3.58. The van der Waals surface area contributed by atoms with Gasteiger partial charge in [0.1, 0.15) is 0 Å². The van der Waals surface area contributed by atoms with Crippen LogP contribution in [0, 0.1) is 6.92 Å². The highest BCUT2D eigenvalue weighted by Crippen LogP contribution is 2.39. The van der Waals surface area contributed by atoms with Crippen LogP contribution < -0.4 is 5.73 Å². The van der Waals surface area contributed by atoms with Crippen molar-refractivity contribution in [2.75, 3.05) is 5.73 Å². The first-order valence-electron chi connectivity index (χ1n) is 6.10. The lowest BCUT2D eigenvalue weighted by atomic mass is 10.0. The molecule has 0 aliphatic rings. The summed E-state index contributed by atoms with van der Waals surface area (Å²) in [6, 6.07) is 11.3. The summed E-state index contributed by atoms with van der Waals surface area (Å²) in [5.74, 6) is 0.839. The summed E-state index contributed by atoms with van der Waals surface area (Å²) in [5.41, 5.74) is 9.01. The van der Waals surface area contributed by atoms with Crippen LogP contribution >= 0.6 is 11.6 Å². The largest absolute Gasteiger partial charge is 0.380 e. The first kappa shape index (κ1) is 12.7. The third-order valence-electron chi connectivity index (χ3n) is 3.08. The van der Waals surface area contributed by atoms with Crippen LogP contribution in [0.3, 0.4) is 0 Å². The Morgan fingerprint density at radius 2 is 2.00 bits per heavy atom. The molecule has 2 heterocycles. The molecule has 3 aromatic rings. The van der Waals surface area contributed by atoms with Gasteiger partial charge in [0, 0.05) is 11.8 Å². The van der Waals surface area contributed by atoms with Gasteiger partial charge >= 0.3 is 0 Å². The van der Waals surface area contributed by atoms with E-state index in [0.29, 0.717) is 27.9 Å². The molecule has 0 saturated carbocycles. The summed E-state index contributed by atoms with van der Waals surface area (Å²) < 4.78 is 5.37. The second-order valence-electron chi connectivity index (χ2n) is 4.42. The molecule has 0 aliphatic carbocycles. The molecule has 0 unspecified atom stereocenters. The van der Waals surface area contributed by atoms with E-state index < -0.39 is 0 Å². The van der Waals surface area contributed by atoms with Gasteiger partial charge in [0.25, 0.3) is 0 Å². The molecular formula is C15H12ClN3O. The van der Waals surface area contributed by atoms with Crippen LogP contribution in [0.15, 0.2) is 47.1 Å². The van der Waals surface area contributed by atoms with Crippen LogP contribution in [0.5, 0.6) is 0 Å². The molecule has 4 nitrogen and oxygen atoms in total. The van der Waals surface area contributed by atoms with Crippen LogP contribution in [0.2, 0.25) is 5.02 Å². The van der Waals surface area contributed by atoms with Crippen molar-refractivity contribution in [3.63, 3.8) is 0 Å². The fourth-order valence-corrected chi connectivity index (χ4v) is 2.28. The van der Waals surface area contributed by atoms with Crippen LogP contribution in [0.25, 0.3) is 22.6 Å². The number of nitrogens with zero attached hydrogens (tertiary/aromatic N) is 2. The van der Waals surface area contributed by atoms with Gasteiger partial charge in [-0.25, -0.2) is 0 Å². The maximum Gasteiger partial charge on any atom is 0.180 e. The van der Waals surface area contributed by atoms with Gasteiger partial charge < -0.3 is 10.3 Å². The zero-order valence-corrected chi connectivity index (χ0v) is 11.6. The smallest absolute Gasteiger partial charge is 0.180 e. The lowest BCUT2D eigenvalue weighted by Gasteiger charge is -2.05. The Labute approximate surface area is 121 Å². The molecule has 2 aromatic heterocycles. The molecule has 0 spiro atoms. The van der Waals surface area contributed by atoms with E-state index >= 15 is 0 Å². The van der Waals surface area contributed by atoms with Crippen LogP contribution in [-0.2, 0) is 0 Å². The molecule has 0 amide bonds. The molecular weight excluding hydrogens is 274 g/mol. The van der Waals surface area contributed by atoms with Crippen molar-refractivity contribution >= 4 is 17.4 Å². The van der Waals surface area contributed by atoms with Crippen LogP contribution in [0.1, 0.15) is 5.56 Å². The number of anilines is 1. The summed E-state index contributed by atoms with van der Waals surface area (Å²) >= 11 is 6.35. The van der Waals surface area contributed by atoms with Gasteiger partial charge in [-0.15, -0.1) is 0 Å². The Morgan fingerprint density at radius 3 is 2.75 bits per heavy atom. The summed E-state index contributed by atoms with van der Waals surface area (Å²) in [4.78, 5) is 4.30. The minimum atomic E-state index is 0.302. The molecule has 0 fully saturated rings. The molecule has 0 radical (unpaired) electrons. The third kappa shape index (κ3) is 2.04. The highest BCUT2D eigenvalue weighted by Gasteiger charge is 2.20.